The lowest BCUT2D eigenvalue weighted by Gasteiger charge is -2.25. The molecule has 1 fully saturated rings. The van der Waals surface area contributed by atoms with Gasteiger partial charge in [-0.25, -0.2) is 13.5 Å². The van der Waals surface area contributed by atoms with Crippen molar-refractivity contribution in [1.82, 2.24) is 15.1 Å². The van der Waals surface area contributed by atoms with Crippen molar-refractivity contribution in [2.45, 2.75) is 18.8 Å². The minimum atomic E-state index is -0.746. The van der Waals surface area contributed by atoms with Crippen molar-refractivity contribution in [3.05, 3.63) is 65.5 Å². The Labute approximate surface area is 196 Å². The molecule has 3 aromatic rings. The summed E-state index contributed by atoms with van der Waals surface area (Å²) in [6, 6.07) is 8.39. The number of benzene rings is 2. The number of nitrogens with one attached hydrogen (secondary N) is 2. The molecule has 10 heteroatoms. The molecule has 2 heterocycles. The van der Waals surface area contributed by atoms with Gasteiger partial charge in [-0.05, 0) is 50.2 Å². The summed E-state index contributed by atoms with van der Waals surface area (Å²) < 4.78 is 40.0. The smallest absolute Gasteiger partial charge is 0.259 e. The average Bonchev–Trinajstić information content (AvgIpc) is 3.24. The quantitative estimate of drug-likeness (QED) is 0.552. The average molecular weight is 479 g/mol. The Morgan fingerprint density at radius 3 is 2.55 bits per heavy atom. The molecule has 0 atom stereocenters. The van der Waals surface area contributed by atoms with Crippen molar-refractivity contribution in [2.24, 2.45) is 0 Å². The molecule has 2 N–H and O–H groups in total. The van der Waals surface area contributed by atoms with Gasteiger partial charge >= 0.3 is 0 Å². The van der Waals surface area contributed by atoms with Crippen LogP contribution in [-0.4, -0.2) is 43.0 Å². The molecule has 1 saturated heterocycles. The van der Waals surface area contributed by atoms with Crippen LogP contribution in [0.25, 0.3) is 5.69 Å². The molecular formula is C23H25ClF2N4O3. The van der Waals surface area contributed by atoms with E-state index in [-0.39, 0.29) is 24.0 Å². The van der Waals surface area contributed by atoms with Crippen molar-refractivity contribution in [3.8, 4) is 17.2 Å². The number of carbonyl (C=O) groups excluding carboxylic acids is 1. The minimum absolute atomic E-state index is 0. The van der Waals surface area contributed by atoms with Crippen LogP contribution in [-0.2, 0) is 0 Å². The molecule has 33 heavy (non-hydrogen) atoms. The fourth-order valence-corrected chi connectivity index (χ4v) is 3.97. The van der Waals surface area contributed by atoms with Crippen LogP contribution in [0.15, 0.2) is 42.6 Å². The Bertz CT molecular complexity index is 1130. The number of ether oxygens (including phenoxy) is 2. The third-order valence-corrected chi connectivity index (χ3v) is 5.57. The molecule has 1 aromatic heterocycles. The Morgan fingerprint density at radius 2 is 1.88 bits per heavy atom. The van der Waals surface area contributed by atoms with E-state index in [1.54, 1.807) is 18.2 Å². The Hall–Kier alpha value is -3.17. The topological polar surface area (TPSA) is 77.4 Å². The third kappa shape index (κ3) is 5.09. The molecule has 0 spiro atoms. The number of aromatic nitrogens is 2. The lowest BCUT2D eigenvalue weighted by atomic mass is 9.91. The second-order valence-corrected chi connectivity index (χ2v) is 7.50. The van der Waals surface area contributed by atoms with Crippen LogP contribution >= 0.6 is 12.4 Å². The molecule has 0 saturated carbocycles. The number of methoxy groups -OCH3 is 2. The number of carbonyl (C=O) groups is 1. The highest BCUT2D eigenvalue weighted by Gasteiger charge is 2.28. The van der Waals surface area contributed by atoms with Crippen molar-refractivity contribution in [2.75, 3.05) is 32.6 Å². The number of nitrogens with zero attached hydrogens (tertiary/aromatic N) is 2. The first-order valence-corrected chi connectivity index (χ1v) is 10.3. The van der Waals surface area contributed by atoms with Crippen LogP contribution < -0.4 is 20.1 Å². The zero-order valence-corrected chi connectivity index (χ0v) is 19.0. The predicted molar refractivity (Wildman–Crippen MR) is 123 cm³/mol. The number of anilines is 1. The van der Waals surface area contributed by atoms with Gasteiger partial charge in [0, 0.05) is 18.1 Å². The van der Waals surface area contributed by atoms with Crippen LogP contribution in [0.1, 0.15) is 34.8 Å². The summed E-state index contributed by atoms with van der Waals surface area (Å²) in [7, 11) is 3.04. The molecule has 0 bridgehead atoms. The SMILES string of the molecule is COc1ccc(OC)c(NC(=O)c2cnn(-c3ccc(F)cc3F)c2C2CCNCC2)c1.Cl. The van der Waals surface area contributed by atoms with Crippen molar-refractivity contribution < 1.29 is 23.0 Å². The van der Waals surface area contributed by atoms with E-state index in [0.717, 1.165) is 32.0 Å². The van der Waals surface area contributed by atoms with Gasteiger partial charge in [-0.1, -0.05) is 0 Å². The van der Waals surface area contributed by atoms with Gasteiger partial charge in [-0.15, -0.1) is 12.4 Å². The van der Waals surface area contributed by atoms with E-state index in [2.05, 4.69) is 15.7 Å². The number of amides is 1. The summed E-state index contributed by atoms with van der Waals surface area (Å²) in [5.74, 6) is -0.812. The molecule has 1 aliphatic rings. The first-order chi connectivity index (χ1) is 15.5. The molecule has 7 nitrogen and oxygen atoms in total. The van der Waals surface area contributed by atoms with E-state index in [1.165, 1.54) is 37.2 Å². The Kier molecular flexibility index (Phi) is 7.88. The number of piperidine rings is 1. The highest BCUT2D eigenvalue weighted by molar-refractivity contribution is 6.06. The summed E-state index contributed by atoms with van der Waals surface area (Å²) in [6.07, 6.45) is 2.94. The van der Waals surface area contributed by atoms with Gasteiger partial charge in [-0.2, -0.15) is 5.10 Å². The van der Waals surface area contributed by atoms with E-state index in [9.17, 15) is 13.6 Å². The monoisotopic (exact) mass is 478 g/mol. The standard InChI is InChI=1S/C23H24F2N4O3.ClH/c1-31-16-4-6-21(32-2)19(12-16)28-23(30)17-13-27-29(20-5-3-15(24)11-18(20)25)22(17)14-7-9-26-10-8-14;/h3-6,11-14,26H,7-10H2,1-2H3,(H,28,30);1H. The lowest BCUT2D eigenvalue weighted by Crippen LogP contribution is -2.29. The van der Waals surface area contributed by atoms with Gasteiger partial charge in [0.15, 0.2) is 5.82 Å². The zero-order valence-electron chi connectivity index (χ0n) is 18.2. The van der Waals surface area contributed by atoms with Gasteiger partial charge < -0.3 is 20.1 Å². The Morgan fingerprint density at radius 1 is 1.12 bits per heavy atom. The molecule has 0 radical (unpaired) electrons. The first-order valence-electron chi connectivity index (χ1n) is 10.3. The maximum Gasteiger partial charge on any atom is 0.259 e. The zero-order chi connectivity index (χ0) is 22.7. The number of hydrogen-bond acceptors (Lipinski definition) is 5. The molecular weight excluding hydrogens is 454 g/mol. The summed E-state index contributed by atoms with van der Waals surface area (Å²) in [6.45, 7) is 1.54. The van der Waals surface area contributed by atoms with Gasteiger partial charge in [0.2, 0.25) is 0 Å². The molecule has 176 valence electrons. The van der Waals surface area contributed by atoms with Gasteiger partial charge in [-0.3, -0.25) is 4.79 Å². The predicted octanol–water partition coefficient (Wildman–Crippen LogP) is 4.31. The molecule has 1 aliphatic heterocycles. The summed E-state index contributed by atoms with van der Waals surface area (Å²) >= 11 is 0. The largest absolute Gasteiger partial charge is 0.497 e. The fraction of sp³-hybridized carbons (Fsp3) is 0.304. The third-order valence-electron chi connectivity index (χ3n) is 5.57. The van der Waals surface area contributed by atoms with E-state index in [0.29, 0.717) is 28.4 Å². The number of hydrogen-bond donors (Lipinski definition) is 2. The van der Waals surface area contributed by atoms with Crippen molar-refractivity contribution in [1.29, 1.82) is 0 Å². The molecule has 2 aromatic carbocycles. The maximum absolute atomic E-state index is 14.6. The van der Waals surface area contributed by atoms with E-state index < -0.39 is 17.5 Å². The van der Waals surface area contributed by atoms with E-state index >= 15 is 0 Å². The molecule has 0 aliphatic carbocycles. The fourth-order valence-electron chi connectivity index (χ4n) is 3.97. The normalized spacial score (nSPS) is 13.8. The van der Waals surface area contributed by atoms with Crippen LogP contribution in [0.4, 0.5) is 14.5 Å². The minimum Gasteiger partial charge on any atom is -0.497 e. The van der Waals surface area contributed by atoms with E-state index in [1.807, 2.05) is 0 Å². The highest BCUT2D eigenvalue weighted by Crippen LogP contribution is 2.33. The summed E-state index contributed by atoms with van der Waals surface area (Å²) in [5, 5.41) is 10.4. The molecule has 1 amide bonds. The lowest BCUT2D eigenvalue weighted by molar-refractivity contribution is 0.102. The highest BCUT2D eigenvalue weighted by atomic mass is 35.5. The summed E-state index contributed by atoms with van der Waals surface area (Å²) in [5.41, 5.74) is 1.45. The first kappa shape index (κ1) is 24.5. The number of halogens is 3. The van der Waals surface area contributed by atoms with Crippen LogP contribution in [0, 0.1) is 11.6 Å². The van der Waals surface area contributed by atoms with Gasteiger partial charge in [0.25, 0.3) is 5.91 Å². The van der Waals surface area contributed by atoms with Gasteiger partial charge in [0.05, 0.1) is 37.4 Å². The number of rotatable bonds is 6. The maximum atomic E-state index is 14.6. The molecule has 0 unspecified atom stereocenters. The summed E-state index contributed by atoms with van der Waals surface area (Å²) in [4.78, 5) is 13.3. The van der Waals surface area contributed by atoms with Crippen molar-refractivity contribution in [3.63, 3.8) is 0 Å². The van der Waals surface area contributed by atoms with Crippen LogP contribution in [0.5, 0.6) is 11.5 Å². The molecule has 4 rings (SSSR count). The van der Waals surface area contributed by atoms with Gasteiger partial charge in [0.1, 0.15) is 23.0 Å². The second kappa shape index (κ2) is 10.6. The van der Waals surface area contributed by atoms with Crippen LogP contribution in [0.2, 0.25) is 0 Å². The Balaban J connectivity index is 0.00000306. The van der Waals surface area contributed by atoms with Crippen molar-refractivity contribution >= 4 is 24.0 Å². The second-order valence-electron chi connectivity index (χ2n) is 7.50. The van der Waals surface area contributed by atoms with Crippen LogP contribution in [0.3, 0.4) is 0 Å². The van der Waals surface area contributed by atoms with E-state index in [4.69, 9.17) is 9.47 Å².